The third kappa shape index (κ3) is 7.63. The van der Waals surface area contributed by atoms with Crippen molar-refractivity contribution in [2.45, 2.75) is 13.3 Å². The second kappa shape index (κ2) is 10.1. The molecule has 0 aliphatic heterocycles. The Balaban J connectivity index is 1.61. The van der Waals surface area contributed by atoms with Gasteiger partial charge in [-0.2, -0.15) is 0 Å². The third-order valence-corrected chi connectivity index (χ3v) is 4.56. The highest BCUT2D eigenvalue weighted by Gasteiger charge is 2.06. The summed E-state index contributed by atoms with van der Waals surface area (Å²) < 4.78 is 0. The van der Waals surface area contributed by atoms with E-state index in [2.05, 4.69) is 10.6 Å². The normalized spacial score (nSPS) is 10.3. The lowest BCUT2D eigenvalue weighted by Gasteiger charge is -2.07. The van der Waals surface area contributed by atoms with Gasteiger partial charge in [-0.05, 0) is 48.7 Å². The van der Waals surface area contributed by atoms with E-state index in [-0.39, 0.29) is 23.3 Å². The highest BCUT2D eigenvalue weighted by Crippen LogP contribution is 2.11. The molecule has 0 aliphatic rings. The quantitative estimate of drug-likeness (QED) is 0.738. The number of nitrogens with one attached hydrogen (secondary N) is 2. The molecule has 2 aromatic rings. The number of rotatable bonds is 8. The molecule has 0 aliphatic carbocycles. The smallest absolute Gasteiger partial charge is 0.234 e. The van der Waals surface area contributed by atoms with Gasteiger partial charge in [-0.25, -0.2) is 0 Å². The molecule has 2 rings (SSSR count). The standard InChI is InChI=1S/C19H21ClN2O2S/c1-14-4-2-7-17(10-14)22-19(24)13-25-12-18(23)21-9-8-15-5-3-6-16(20)11-15/h2-7,10-11H,8-9,12-13H2,1H3,(H,21,23)(H,22,24). The van der Waals surface area contributed by atoms with E-state index in [1.54, 1.807) is 0 Å². The summed E-state index contributed by atoms with van der Waals surface area (Å²) in [5, 5.41) is 6.36. The summed E-state index contributed by atoms with van der Waals surface area (Å²) in [7, 11) is 0. The molecule has 0 saturated heterocycles. The lowest BCUT2D eigenvalue weighted by Crippen LogP contribution is -2.28. The minimum atomic E-state index is -0.109. The molecule has 2 amide bonds. The summed E-state index contributed by atoms with van der Waals surface area (Å²) in [5.41, 5.74) is 2.94. The van der Waals surface area contributed by atoms with Gasteiger partial charge in [0.1, 0.15) is 0 Å². The molecule has 0 aromatic heterocycles. The topological polar surface area (TPSA) is 58.2 Å². The van der Waals surface area contributed by atoms with Crippen LogP contribution in [0.2, 0.25) is 5.02 Å². The van der Waals surface area contributed by atoms with E-state index >= 15 is 0 Å². The summed E-state index contributed by atoms with van der Waals surface area (Å²) in [4.78, 5) is 23.7. The van der Waals surface area contributed by atoms with Crippen molar-refractivity contribution in [2.75, 3.05) is 23.4 Å². The number of aryl methyl sites for hydroxylation is 1. The minimum absolute atomic E-state index is 0.0737. The first-order valence-corrected chi connectivity index (χ1v) is 9.51. The molecule has 0 bridgehead atoms. The van der Waals surface area contributed by atoms with Crippen molar-refractivity contribution in [3.63, 3.8) is 0 Å². The Labute approximate surface area is 157 Å². The largest absolute Gasteiger partial charge is 0.355 e. The lowest BCUT2D eigenvalue weighted by molar-refractivity contribution is -0.118. The Morgan fingerprint density at radius 3 is 2.56 bits per heavy atom. The molecule has 0 fully saturated rings. The van der Waals surface area contributed by atoms with Crippen LogP contribution in [0.1, 0.15) is 11.1 Å². The van der Waals surface area contributed by atoms with Gasteiger partial charge in [0.05, 0.1) is 11.5 Å². The van der Waals surface area contributed by atoms with Crippen molar-refractivity contribution < 1.29 is 9.59 Å². The van der Waals surface area contributed by atoms with Crippen LogP contribution in [0.5, 0.6) is 0 Å². The Kier molecular flexibility index (Phi) is 7.82. The van der Waals surface area contributed by atoms with Gasteiger partial charge < -0.3 is 10.6 Å². The molecule has 0 spiro atoms. The van der Waals surface area contributed by atoms with Crippen molar-refractivity contribution in [3.05, 3.63) is 64.7 Å². The second-order valence-electron chi connectivity index (χ2n) is 5.64. The van der Waals surface area contributed by atoms with Crippen LogP contribution < -0.4 is 10.6 Å². The van der Waals surface area contributed by atoms with Crippen LogP contribution in [0.4, 0.5) is 5.69 Å². The van der Waals surface area contributed by atoms with Gasteiger partial charge in [-0.1, -0.05) is 35.9 Å². The van der Waals surface area contributed by atoms with E-state index in [1.807, 2.05) is 55.5 Å². The van der Waals surface area contributed by atoms with Gasteiger partial charge in [0.2, 0.25) is 11.8 Å². The lowest BCUT2D eigenvalue weighted by atomic mass is 10.1. The number of anilines is 1. The maximum atomic E-state index is 11.9. The van der Waals surface area contributed by atoms with Crippen LogP contribution >= 0.6 is 23.4 Å². The van der Waals surface area contributed by atoms with Crippen LogP contribution in [0.15, 0.2) is 48.5 Å². The van der Waals surface area contributed by atoms with Crippen molar-refractivity contribution in [3.8, 4) is 0 Å². The zero-order valence-electron chi connectivity index (χ0n) is 14.0. The number of benzene rings is 2. The van der Waals surface area contributed by atoms with Crippen LogP contribution in [0.3, 0.4) is 0 Å². The monoisotopic (exact) mass is 376 g/mol. The minimum Gasteiger partial charge on any atom is -0.355 e. The van der Waals surface area contributed by atoms with Gasteiger partial charge in [-0.3, -0.25) is 9.59 Å². The van der Waals surface area contributed by atoms with Gasteiger partial charge in [-0.15, -0.1) is 11.8 Å². The SMILES string of the molecule is Cc1cccc(NC(=O)CSCC(=O)NCCc2cccc(Cl)c2)c1. The Morgan fingerprint density at radius 1 is 1.04 bits per heavy atom. The molecule has 0 radical (unpaired) electrons. The third-order valence-electron chi connectivity index (χ3n) is 3.39. The first-order valence-electron chi connectivity index (χ1n) is 7.98. The van der Waals surface area contributed by atoms with Gasteiger partial charge in [0, 0.05) is 17.3 Å². The van der Waals surface area contributed by atoms with Crippen molar-refractivity contribution in [2.24, 2.45) is 0 Å². The van der Waals surface area contributed by atoms with Gasteiger partial charge >= 0.3 is 0 Å². The van der Waals surface area contributed by atoms with E-state index in [4.69, 9.17) is 11.6 Å². The summed E-state index contributed by atoms with van der Waals surface area (Å²) in [6.45, 7) is 2.52. The molecule has 0 saturated carbocycles. The number of amides is 2. The number of hydrogen-bond donors (Lipinski definition) is 2. The molecule has 0 heterocycles. The molecule has 2 aromatic carbocycles. The summed E-state index contributed by atoms with van der Waals surface area (Å²) in [5.74, 6) is 0.324. The van der Waals surface area contributed by atoms with Crippen LogP contribution in [-0.4, -0.2) is 29.9 Å². The predicted molar refractivity (Wildman–Crippen MR) is 105 cm³/mol. The average molecular weight is 377 g/mol. The van der Waals surface area contributed by atoms with E-state index in [0.717, 1.165) is 23.2 Å². The maximum absolute atomic E-state index is 11.9. The van der Waals surface area contributed by atoms with Crippen LogP contribution in [0, 0.1) is 6.92 Å². The van der Waals surface area contributed by atoms with Crippen LogP contribution in [-0.2, 0) is 16.0 Å². The summed E-state index contributed by atoms with van der Waals surface area (Å²) in [6, 6.07) is 15.2. The molecule has 132 valence electrons. The molecule has 6 heteroatoms. The Hall–Kier alpha value is -1.98. The van der Waals surface area contributed by atoms with Crippen molar-refractivity contribution >= 4 is 40.9 Å². The van der Waals surface area contributed by atoms with E-state index in [1.165, 1.54) is 11.8 Å². The van der Waals surface area contributed by atoms with Crippen LogP contribution in [0.25, 0.3) is 0 Å². The summed E-state index contributed by atoms with van der Waals surface area (Å²) >= 11 is 7.22. The van der Waals surface area contributed by atoms with Gasteiger partial charge in [0.15, 0.2) is 0 Å². The first-order chi connectivity index (χ1) is 12.0. The fraction of sp³-hybridized carbons (Fsp3) is 0.263. The highest BCUT2D eigenvalue weighted by atomic mass is 35.5. The first kappa shape index (κ1) is 19.3. The molecule has 25 heavy (non-hydrogen) atoms. The zero-order valence-corrected chi connectivity index (χ0v) is 15.6. The predicted octanol–water partition coefficient (Wildman–Crippen LogP) is 3.68. The summed E-state index contributed by atoms with van der Waals surface area (Å²) in [6.07, 6.45) is 0.727. The Bertz CT molecular complexity index is 737. The number of halogens is 1. The zero-order chi connectivity index (χ0) is 18.1. The van der Waals surface area contributed by atoms with E-state index in [0.29, 0.717) is 11.6 Å². The fourth-order valence-corrected chi connectivity index (χ4v) is 3.11. The average Bonchev–Trinajstić information content (AvgIpc) is 2.55. The van der Waals surface area contributed by atoms with E-state index < -0.39 is 0 Å². The fourth-order valence-electron chi connectivity index (χ4n) is 2.25. The molecular formula is C19H21ClN2O2S. The number of carbonyl (C=O) groups is 2. The molecular weight excluding hydrogens is 356 g/mol. The number of carbonyl (C=O) groups excluding carboxylic acids is 2. The maximum Gasteiger partial charge on any atom is 0.234 e. The second-order valence-corrected chi connectivity index (χ2v) is 7.06. The number of hydrogen-bond acceptors (Lipinski definition) is 3. The Morgan fingerprint density at radius 2 is 1.80 bits per heavy atom. The van der Waals surface area contributed by atoms with E-state index in [9.17, 15) is 9.59 Å². The van der Waals surface area contributed by atoms with Crippen molar-refractivity contribution in [1.29, 1.82) is 0 Å². The molecule has 0 unspecified atom stereocenters. The van der Waals surface area contributed by atoms with Crippen molar-refractivity contribution in [1.82, 2.24) is 5.32 Å². The molecule has 2 N–H and O–H groups in total. The molecule has 0 atom stereocenters. The van der Waals surface area contributed by atoms with Gasteiger partial charge in [0.25, 0.3) is 0 Å². The number of thioether (sulfide) groups is 1. The highest BCUT2D eigenvalue weighted by molar-refractivity contribution is 8.00. The molecule has 4 nitrogen and oxygen atoms in total.